The highest BCUT2D eigenvalue weighted by Crippen LogP contribution is 2.29. The van der Waals surface area contributed by atoms with Crippen LogP contribution in [-0.2, 0) is 10.3 Å². The highest BCUT2D eigenvalue weighted by atomic mass is 16.1. The number of carbonyl (C=O) groups is 1. The SMILES string of the molecule is NC(=O)[C@]1(c2ccncc2)CCCN1. The van der Waals surface area contributed by atoms with Crippen LogP contribution in [0.2, 0.25) is 0 Å². The molecule has 0 aliphatic carbocycles. The minimum atomic E-state index is -0.664. The van der Waals surface area contributed by atoms with Gasteiger partial charge in [0.1, 0.15) is 5.54 Å². The summed E-state index contributed by atoms with van der Waals surface area (Å²) in [5, 5.41) is 3.18. The number of rotatable bonds is 2. The number of hydrogen-bond acceptors (Lipinski definition) is 3. The zero-order valence-corrected chi connectivity index (χ0v) is 7.86. The number of hydrogen-bond donors (Lipinski definition) is 2. The van der Waals surface area contributed by atoms with Crippen LogP contribution < -0.4 is 11.1 Å². The van der Waals surface area contributed by atoms with E-state index in [1.54, 1.807) is 12.4 Å². The predicted molar refractivity (Wildman–Crippen MR) is 52.3 cm³/mol. The zero-order chi connectivity index (χ0) is 10.0. The van der Waals surface area contributed by atoms with Crippen molar-refractivity contribution in [2.24, 2.45) is 5.73 Å². The molecular weight excluding hydrogens is 178 g/mol. The fraction of sp³-hybridized carbons (Fsp3) is 0.400. The molecular formula is C10H13N3O. The van der Waals surface area contributed by atoms with Gasteiger partial charge in [-0.15, -0.1) is 0 Å². The minimum Gasteiger partial charge on any atom is -0.368 e. The maximum absolute atomic E-state index is 11.5. The summed E-state index contributed by atoms with van der Waals surface area (Å²) in [5.74, 6) is -0.304. The third-order valence-corrected chi connectivity index (χ3v) is 2.75. The third-order valence-electron chi connectivity index (χ3n) is 2.75. The molecule has 1 saturated heterocycles. The number of nitrogens with zero attached hydrogens (tertiary/aromatic N) is 1. The van der Waals surface area contributed by atoms with Gasteiger partial charge in [-0.1, -0.05) is 0 Å². The number of nitrogens with one attached hydrogen (secondary N) is 1. The van der Waals surface area contributed by atoms with Crippen molar-refractivity contribution < 1.29 is 4.79 Å². The Kier molecular flexibility index (Phi) is 2.21. The first kappa shape index (κ1) is 9.15. The second kappa shape index (κ2) is 3.38. The Morgan fingerprint density at radius 2 is 2.21 bits per heavy atom. The van der Waals surface area contributed by atoms with Crippen LogP contribution in [0.3, 0.4) is 0 Å². The highest BCUT2D eigenvalue weighted by molar-refractivity contribution is 5.86. The van der Waals surface area contributed by atoms with Gasteiger partial charge >= 0.3 is 0 Å². The molecule has 1 aromatic heterocycles. The number of amides is 1. The molecule has 1 aromatic rings. The third kappa shape index (κ3) is 1.28. The first-order chi connectivity index (χ1) is 6.76. The lowest BCUT2D eigenvalue weighted by molar-refractivity contribution is -0.124. The fourth-order valence-corrected chi connectivity index (χ4v) is 1.98. The van der Waals surface area contributed by atoms with E-state index in [-0.39, 0.29) is 5.91 Å². The molecule has 1 fully saturated rings. The van der Waals surface area contributed by atoms with Gasteiger partial charge in [-0.2, -0.15) is 0 Å². The normalized spacial score (nSPS) is 26.3. The van der Waals surface area contributed by atoms with Gasteiger partial charge in [-0.3, -0.25) is 15.1 Å². The molecule has 1 aliphatic heterocycles. The predicted octanol–water partition coefficient (Wildman–Crippen LogP) is 0.146. The number of pyridine rings is 1. The van der Waals surface area contributed by atoms with Crippen molar-refractivity contribution in [3.63, 3.8) is 0 Å². The molecule has 3 N–H and O–H groups in total. The quantitative estimate of drug-likeness (QED) is 0.699. The molecule has 14 heavy (non-hydrogen) atoms. The van der Waals surface area contributed by atoms with Gasteiger partial charge in [0.2, 0.25) is 5.91 Å². The second-order valence-electron chi connectivity index (χ2n) is 3.54. The summed E-state index contributed by atoms with van der Waals surface area (Å²) in [5.41, 5.74) is 5.69. The standard InChI is InChI=1S/C10H13N3O/c11-9(14)10(4-1-5-13-10)8-2-6-12-7-3-8/h2-3,6-7,13H,1,4-5H2,(H2,11,14)/t10-/m1/s1. The Hall–Kier alpha value is -1.42. The topological polar surface area (TPSA) is 68.0 Å². The van der Waals surface area contributed by atoms with Crippen LogP contribution in [0.25, 0.3) is 0 Å². The Balaban J connectivity index is 2.42. The van der Waals surface area contributed by atoms with E-state index in [0.29, 0.717) is 0 Å². The monoisotopic (exact) mass is 191 g/mol. The highest BCUT2D eigenvalue weighted by Gasteiger charge is 2.40. The Bertz CT molecular complexity index is 330. The van der Waals surface area contributed by atoms with E-state index >= 15 is 0 Å². The smallest absolute Gasteiger partial charge is 0.242 e. The van der Waals surface area contributed by atoms with Gasteiger partial charge in [0.25, 0.3) is 0 Å². The molecule has 0 bridgehead atoms. The minimum absolute atomic E-state index is 0.304. The molecule has 1 aliphatic rings. The van der Waals surface area contributed by atoms with Crippen LogP contribution in [0, 0.1) is 0 Å². The van der Waals surface area contributed by atoms with Crippen molar-refractivity contribution in [2.75, 3.05) is 6.54 Å². The van der Waals surface area contributed by atoms with Crippen molar-refractivity contribution in [3.8, 4) is 0 Å². The average molecular weight is 191 g/mol. The van der Waals surface area contributed by atoms with Crippen molar-refractivity contribution >= 4 is 5.91 Å². The van der Waals surface area contributed by atoms with Crippen molar-refractivity contribution in [2.45, 2.75) is 18.4 Å². The Morgan fingerprint density at radius 1 is 1.50 bits per heavy atom. The van der Waals surface area contributed by atoms with Crippen LogP contribution in [0.4, 0.5) is 0 Å². The van der Waals surface area contributed by atoms with Crippen LogP contribution in [0.15, 0.2) is 24.5 Å². The molecule has 4 heteroatoms. The summed E-state index contributed by atoms with van der Waals surface area (Å²) in [6, 6.07) is 3.67. The largest absolute Gasteiger partial charge is 0.368 e. The molecule has 0 spiro atoms. The fourth-order valence-electron chi connectivity index (χ4n) is 1.98. The number of carbonyl (C=O) groups excluding carboxylic acids is 1. The van der Waals surface area contributed by atoms with Crippen molar-refractivity contribution in [1.82, 2.24) is 10.3 Å². The maximum Gasteiger partial charge on any atom is 0.242 e. The van der Waals surface area contributed by atoms with Crippen LogP contribution in [-0.4, -0.2) is 17.4 Å². The Morgan fingerprint density at radius 3 is 2.71 bits per heavy atom. The van der Waals surface area contributed by atoms with E-state index < -0.39 is 5.54 Å². The van der Waals surface area contributed by atoms with E-state index in [1.165, 1.54) is 0 Å². The molecule has 1 amide bonds. The molecule has 2 rings (SSSR count). The van der Waals surface area contributed by atoms with E-state index in [9.17, 15) is 4.79 Å². The molecule has 74 valence electrons. The van der Waals surface area contributed by atoms with Crippen LogP contribution in [0.5, 0.6) is 0 Å². The summed E-state index contributed by atoms with van der Waals surface area (Å²) >= 11 is 0. The first-order valence-electron chi connectivity index (χ1n) is 4.71. The van der Waals surface area contributed by atoms with Gasteiger partial charge in [-0.05, 0) is 37.1 Å². The van der Waals surface area contributed by atoms with Gasteiger partial charge in [0.05, 0.1) is 0 Å². The maximum atomic E-state index is 11.5. The molecule has 4 nitrogen and oxygen atoms in total. The van der Waals surface area contributed by atoms with Gasteiger partial charge < -0.3 is 5.73 Å². The summed E-state index contributed by atoms with van der Waals surface area (Å²) in [7, 11) is 0. The summed E-state index contributed by atoms with van der Waals surface area (Å²) < 4.78 is 0. The molecule has 0 aromatic carbocycles. The first-order valence-corrected chi connectivity index (χ1v) is 4.71. The lowest BCUT2D eigenvalue weighted by Crippen LogP contribution is -2.48. The molecule has 1 atom stereocenters. The summed E-state index contributed by atoms with van der Waals surface area (Å²) in [4.78, 5) is 15.4. The Labute approximate surface area is 82.5 Å². The van der Waals surface area contributed by atoms with Gasteiger partial charge in [0.15, 0.2) is 0 Å². The zero-order valence-electron chi connectivity index (χ0n) is 7.86. The average Bonchev–Trinajstić information content (AvgIpc) is 2.69. The number of nitrogens with two attached hydrogens (primary N) is 1. The number of aromatic nitrogens is 1. The second-order valence-corrected chi connectivity index (χ2v) is 3.54. The molecule has 0 unspecified atom stereocenters. The lowest BCUT2D eigenvalue weighted by Gasteiger charge is -2.25. The van der Waals surface area contributed by atoms with Gasteiger partial charge in [-0.25, -0.2) is 0 Å². The molecule has 0 radical (unpaired) electrons. The summed E-state index contributed by atoms with van der Waals surface area (Å²) in [6.07, 6.45) is 5.11. The van der Waals surface area contributed by atoms with Crippen molar-refractivity contribution in [3.05, 3.63) is 30.1 Å². The van der Waals surface area contributed by atoms with Crippen molar-refractivity contribution in [1.29, 1.82) is 0 Å². The van der Waals surface area contributed by atoms with E-state index in [1.807, 2.05) is 12.1 Å². The summed E-state index contributed by atoms with van der Waals surface area (Å²) in [6.45, 7) is 0.839. The number of primary amides is 1. The van der Waals surface area contributed by atoms with E-state index in [4.69, 9.17) is 5.73 Å². The van der Waals surface area contributed by atoms with Crippen LogP contribution in [0.1, 0.15) is 18.4 Å². The van der Waals surface area contributed by atoms with Gasteiger partial charge in [0, 0.05) is 12.4 Å². The molecule has 2 heterocycles. The van der Waals surface area contributed by atoms with E-state index in [2.05, 4.69) is 10.3 Å². The van der Waals surface area contributed by atoms with E-state index in [0.717, 1.165) is 24.9 Å². The van der Waals surface area contributed by atoms with Crippen LogP contribution >= 0.6 is 0 Å². The lowest BCUT2D eigenvalue weighted by atomic mass is 9.88. The molecule has 0 saturated carbocycles.